The van der Waals surface area contributed by atoms with E-state index in [2.05, 4.69) is 10.0 Å². The number of sulfonamides is 1. The Kier molecular flexibility index (Phi) is 6.60. The molecule has 0 spiro atoms. The molecule has 0 aromatic heterocycles. The highest BCUT2D eigenvalue weighted by atomic mass is 32.2. The fourth-order valence-electron chi connectivity index (χ4n) is 3.25. The van der Waals surface area contributed by atoms with Crippen LogP contribution in [0.1, 0.15) is 10.4 Å². The van der Waals surface area contributed by atoms with E-state index in [4.69, 9.17) is 4.74 Å². The van der Waals surface area contributed by atoms with Crippen LogP contribution in [0.4, 0.5) is 15.8 Å². The van der Waals surface area contributed by atoms with E-state index in [0.717, 1.165) is 11.1 Å². The van der Waals surface area contributed by atoms with Crippen molar-refractivity contribution in [2.24, 2.45) is 0 Å². The van der Waals surface area contributed by atoms with Gasteiger partial charge in [-0.1, -0.05) is 24.3 Å². The summed E-state index contributed by atoms with van der Waals surface area (Å²) in [5.41, 5.74) is 2.86. The number of hydrogen-bond donors (Lipinski definition) is 2. The highest BCUT2D eigenvalue weighted by molar-refractivity contribution is 7.92. The molecule has 0 saturated carbocycles. The maximum atomic E-state index is 13.1. The summed E-state index contributed by atoms with van der Waals surface area (Å²) in [5.74, 6) is 0.0204. The van der Waals surface area contributed by atoms with Crippen LogP contribution >= 0.6 is 0 Å². The fraction of sp³-hybridized carbons (Fsp3) is 0.0385. The molecular formula is C26H21FN2O4S. The first kappa shape index (κ1) is 23.0. The van der Waals surface area contributed by atoms with Gasteiger partial charge in [0.05, 0.1) is 12.0 Å². The van der Waals surface area contributed by atoms with Gasteiger partial charge in [0.25, 0.3) is 15.9 Å². The number of methoxy groups -OCH3 is 1. The van der Waals surface area contributed by atoms with Gasteiger partial charge in [0, 0.05) is 16.9 Å². The summed E-state index contributed by atoms with van der Waals surface area (Å²) in [6, 6.07) is 25.3. The molecule has 0 radical (unpaired) electrons. The number of carbonyl (C=O) groups excluding carboxylic acids is 1. The van der Waals surface area contributed by atoms with Crippen LogP contribution in [-0.2, 0) is 10.0 Å². The molecule has 0 heterocycles. The zero-order valence-electron chi connectivity index (χ0n) is 18.2. The Bertz CT molecular complexity index is 1390. The van der Waals surface area contributed by atoms with Gasteiger partial charge in [-0.15, -0.1) is 0 Å². The normalized spacial score (nSPS) is 11.0. The van der Waals surface area contributed by atoms with Gasteiger partial charge in [0.1, 0.15) is 11.6 Å². The second-order valence-corrected chi connectivity index (χ2v) is 9.08. The van der Waals surface area contributed by atoms with Crippen LogP contribution in [-0.4, -0.2) is 21.4 Å². The second-order valence-electron chi connectivity index (χ2n) is 7.40. The lowest BCUT2D eigenvalue weighted by Crippen LogP contribution is -2.14. The maximum absolute atomic E-state index is 13.1. The molecule has 172 valence electrons. The summed E-state index contributed by atoms with van der Waals surface area (Å²) < 4.78 is 46.2. The molecule has 0 fully saturated rings. The molecule has 0 unspecified atom stereocenters. The molecule has 0 saturated heterocycles. The van der Waals surface area contributed by atoms with Crippen LogP contribution in [0, 0.1) is 5.82 Å². The first-order valence-corrected chi connectivity index (χ1v) is 11.8. The van der Waals surface area contributed by atoms with Crippen molar-refractivity contribution in [3.8, 4) is 16.9 Å². The molecule has 0 atom stereocenters. The van der Waals surface area contributed by atoms with Gasteiger partial charge in [0.15, 0.2) is 0 Å². The van der Waals surface area contributed by atoms with Gasteiger partial charge in [-0.2, -0.15) is 0 Å². The van der Waals surface area contributed by atoms with Gasteiger partial charge in [-0.3, -0.25) is 9.52 Å². The minimum atomic E-state index is -3.83. The fourth-order valence-corrected chi connectivity index (χ4v) is 4.31. The van der Waals surface area contributed by atoms with E-state index in [0.29, 0.717) is 22.7 Å². The Morgan fingerprint density at radius 1 is 0.735 bits per heavy atom. The first-order valence-electron chi connectivity index (χ1n) is 10.3. The number of benzene rings is 4. The van der Waals surface area contributed by atoms with E-state index < -0.39 is 10.0 Å². The molecule has 4 rings (SSSR count). The Labute approximate surface area is 197 Å². The minimum Gasteiger partial charge on any atom is -0.497 e. The molecule has 0 aliphatic carbocycles. The standard InChI is InChI=1S/C26H21FN2O4S/c1-33-24-14-12-22(13-15-24)28-26(30)20-4-10-23(11-5-20)29-34(31,32)25-16-6-19(7-17-25)18-2-8-21(27)9-3-18/h2-17,29H,1H3,(H,28,30). The highest BCUT2D eigenvalue weighted by Gasteiger charge is 2.15. The number of nitrogens with one attached hydrogen (secondary N) is 2. The first-order chi connectivity index (χ1) is 16.3. The number of ether oxygens (including phenoxy) is 1. The largest absolute Gasteiger partial charge is 0.497 e. The Morgan fingerprint density at radius 2 is 1.26 bits per heavy atom. The van der Waals surface area contributed by atoms with E-state index in [1.165, 1.54) is 48.5 Å². The van der Waals surface area contributed by atoms with Crippen LogP contribution in [0.5, 0.6) is 5.75 Å². The second kappa shape index (κ2) is 9.76. The lowest BCUT2D eigenvalue weighted by molar-refractivity contribution is 0.102. The predicted octanol–water partition coefficient (Wildman–Crippen LogP) is 5.55. The topological polar surface area (TPSA) is 84.5 Å². The summed E-state index contributed by atoms with van der Waals surface area (Å²) >= 11 is 0. The molecule has 34 heavy (non-hydrogen) atoms. The molecule has 0 bridgehead atoms. The van der Waals surface area contributed by atoms with Crippen molar-refractivity contribution in [1.29, 1.82) is 0 Å². The Balaban J connectivity index is 1.42. The van der Waals surface area contributed by atoms with Crippen molar-refractivity contribution in [2.45, 2.75) is 4.90 Å². The van der Waals surface area contributed by atoms with Crippen molar-refractivity contribution in [1.82, 2.24) is 0 Å². The summed E-state index contributed by atoms with van der Waals surface area (Å²) in [4.78, 5) is 12.5. The molecule has 4 aromatic carbocycles. The van der Waals surface area contributed by atoms with Gasteiger partial charge in [-0.25, -0.2) is 12.8 Å². The number of anilines is 2. The molecule has 4 aromatic rings. The van der Waals surface area contributed by atoms with E-state index in [1.54, 1.807) is 55.6 Å². The third kappa shape index (κ3) is 5.41. The highest BCUT2D eigenvalue weighted by Crippen LogP contribution is 2.23. The zero-order valence-corrected chi connectivity index (χ0v) is 19.0. The number of hydrogen-bond acceptors (Lipinski definition) is 4. The van der Waals surface area contributed by atoms with E-state index in [-0.39, 0.29) is 16.6 Å². The molecule has 6 nitrogen and oxygen atoms in total. The van der Waals surface area contributed by atoms with Crippen molar-refractivity contribution in [3.63, 3.8) is 0 Å². The summed E-state index contributed by atoms with van der Waals surface area (Å²) in [6.07, 6.45) is 0. The van der Waals surface area contributed by atoms with Crippen LogP contribution in [0.25, 0.3) is 11.1 Å². The summed E-state index contributed by atoms with van der Waals surface area (Å²) in [7, 11) is -2.27. The summed E-state index contributed by atoms with van der Waals surface area (Å²) in [6.45, 7) is 0. The Morgan fingerprint density at radius 3 is 1.82 bits per heavy atom. The van der Waals surface area contributed by atoms with Crippen LogP contribution in [0.2, 0.25) is 0 Å². The molecule has 0 aliphatic heterocycles. The minimum absolute atomic E-state index is 0.0830. The Hall–Kier alpha value is -4.17. The van der Waals surface area contributed by atoms with Crippen LogP contribution in [0.15, 0.2) is 102 Å². The number of rotatable bonds is 7. The van der Waals surface area contributed by atoms with E-state index >= 15 is 0 Å². The average molecular weight is 477 g/mol. The van der Waals surface area contributed by atoms with Gasteiger partial charge in [-0.05, 0) is 83.9 Å². The monoisotopic (exact) mass is 476 g/mol. The van der Waals surface area contributed by atoms with Gasteiger partial charge in [0.2, 0.25) is 0 Å². The van der Waals surface area contributed by atoms with E-state index in [9.17, 15) is 17.6 Å². The third-order valence-electron chi connectivity index (χ3n) is 5.09. The number of carbonyl (C=O) groups is 1. The number of halogens is 1. The lowest BCUT2D eigenvalue weighted by Gasteiger charge is -2.10. The van der Waals surface area contributed by atoms with Crippen molar-refractivity contribution in [3.05, 3.63) is 108 Å². The lowest BCUT2D eigenvalue weighted by atomic mass is 10.1. The SMILES string of the molecule is COc1ccc(NC(=O)c2ccc(NS(=O)(=O)c3ccc(-c4ccc(F)cc4)cc3)cc2)cc1. The van der Waals surface area contributed by atoms with Crippen LogP contribution in [0.3, 0.4) is 0 Å². The maximum Gasteiger partial charge on any atom is 0.261 e. The molecule has 0 aliphatic rings. The third-order valence-corrected chi connectivity index (χ3v) is 6.49. The zero-order chi connectivity index (χ0) is 24.1. The molecule has 2 N–H and O–H groups in total. The molecular weight excluding hydrogens is 455 g/mol. The quantitative estimate of drug-likeness (QED) is 0.366. The molecule has 8 heteroatoms. The van der Waals surface area contributed by atoms with Gasteiger partial charge < -0.3 is 10.1 Å². The predicted molar refractivity (Wildman–Crippen MR) is 130 cm³/mol. The van der Waals surface area contributed by atoms with Gasteiger partial charge >= 0.3 is 0 Å². The van der Waals surface area contributed by atoms with E-state index in [1.807, 2.05) is 0 Å². The van der Waals surface area contributed by atoms with Crippen LogP contribution < -0.4 is 14.8 Å². The van der Waals surface area contributed by atoms with Crippen molar-refractivity contribution < 1.29 is 22.3 Å². The number of amides is 1. The van der Waals surface area contributed by atoms with Crippen molar-refractivity contribution in [2.75, 3.05) is 17.1 Å². The smallest absolute Gasteiger partial charge is 0.261 e. The summed E-state index contributed by atoms with van der Waals surface area (Å²) in [5, 5.41) is 2.77. The average Bonchev–Trinajstić information content (AvgIpc) is 2.85. The van der Waals surface area contributed by atoms with Crippen molar-refractivity contribution >= 4 is 27.3 Å². The molecule has 1 amide bonds.